The molecule has 0 fully saturated rings. The summed E-state index contributed by atoms with van der Waals surface area (Å²) in [5, 5.41) is 4.83. The van der Waals surface area contributed by atoms with Crippen LogP contribution in [0.15, 0.2) is 35.6 Å². The highest BCUT2D eigenvalue weighted by Gasteiger charge is 2.04. The quantitative estimate of drug-likeness (QED) is 0.683. The maximum Gasteiger partial charge on any atom is 0.187 e. The average molecular weight is 280 g/mol. The first-order chi connectivity index (χ1) is 8.70. The van der Waals surface area contributed by atoms with Gasteiger partial charge in [0.15, 0.2) is 5.16 Å². The second-order valence-electron chi connectivity index (χ2n) is 3.82. The van der Waals surface area contributed by atoms with Crippen LogP contribution in [0.25, 0.3) is 0 Å². The van der Waals surface area contributed by atoms with Crippen LogP contribution in [-0.4, -0.2) is 16.2 Å². The molecule has 0 unspecified atom stereocenters. The van der Waals surface area contributed by atoms with E-state index in [4.69, 9.17) is 11.6 Å². The third-order valence-electron chi connectivity index (χ3n) is 2.54. The molecule has 2 aromatic rings. The second kappa shape index (κ2) is 6.07. The highest BCUT2D eigenvalue weighted by molar-refractivity contribution is 7.98. The average Bonchev–Trinajstić information content (AvgIpc) is 2.38. The monoisotopic (exact) mass is 279 g/mol. The summed E-state index contributed by atoms with van der Waals surface area (Å²) in [5.74, 6) is 0. The zero-order chi connectivity index (χ0) is 13.0. The molecule has 1 N–H and O–H groups in total. The molecule has 18 heavy (non-hydrogen) atoms. The van der Waals surface area contributed by atoms with Gasteiger partial charge in [0, 0.05) is 6.20 Å². The highest BCUT2D eigenvalue weighted by atomic mass is 35.5. The molecular formula is C13H14ClN3S. The summed E-state index contributed by atoms with van der Waals surface area (Å²) in [5.41, 5.74) is 3.04. The van der Waals surface area contributed by atoms with Crippen LogP contribution < -0.4 is 5.32 Å². The van der Waals surface area contributed by atoms with Crippen LogP contribution >= 0.6 is 23.4 Å². The van der Waals surface area contributed by atoms with E-state index in [1.165, 1.54) is 11.8 Å². The van der Waals surface area contributed by atoms with Gasteiger partial charge in [-0.3, -0.25) is 0 Å². The Morgan fingerprint density at radius 2 is 2.17 bits per heavy atom. The van der Waals surface area contributed by atoms with Gasteiger partial charge in [0.1, 0.15) is 0 Å². The number of nitrogens with one attached hydrogen (secondary N) is 1. The maximum absolute atomic E-state index is 6.15. The molecule has 0 amide bonds. The summed E-state index contributed by atoms with van der Waals surface area (Å²) in [6.07, 6.45) is 3.74. The predicted molar refractivity (Wildman–Crippen MR) is 77.3 cm³/mol. The Balaban J connectivity index is 2.11. The zero-order valence-electron chi connectivity index (χ0n) is 10.3. The van der Waals surface area contributed by atoms with Crippen molar-refractivity contribution in [1.29, 1.82) is 0 Å². The lowest BCUT2D eigenvalue weighted by molar-refractivity contribution is 0.895. The number of aryl methyl sites for hydroxylation is 1. The third-order valence-corrected chi connectivity index (χ3v) is 3.42. The minimum absolute atomic E-state index is 0.640. The number of benzene rings is 1. The van der Waals surface area contributed by atoms with E-state index in [-0.39, 0.29) is 0 Å². The molecule has 0 bridgehead atoms. The fraction of sp³-hybridized carbons (Fsp3) is 0.231. The van der Waals surface area contributed by atoms with E-state index in [2.05, 4.69) is 15.3 Å². The smallest absolute Gasteiger partial charge is 0.187 e. The zero-order valence-corrected chi connectivity index (χ0v) is 11.8. The molecule has 1 aromatic heterocycles. The van der Waals surface area contributed by atoms with E-state index in [0.29, 0.717) is 6.54 Å². The largest absolute Gasteiger partial charge is 0.378 e. The number of hydrogen-bond acceptors (Lipinski definition) is 4. The minimum Gasteiger partial charge on any atom is -0.378 e. The van der Waals surface area contributed by atoms with Crippen LogP contribution in [0.5, 0.6) is 0 Å². The maximum atomic E-state index is 6.15. The summed E-state index contributed by atoms with van der Waals surface area (Å²) >= 11 is 7.69. The SMILES string of the molecule is CSc1nccc(CNc2c(C)cccc2Cl)n1. The lowest BCUT2D eigenvalue weighted by Crippen LogP contribution is -2.04. The van der Waals surface area contributed by atoms with Gasteiger partial charge in [0.05, 0.1) is 22.9 Å². The number of nitrogens with zero attached hydrogens (tertiary/aromatic N) is 2. The second-order valence-corrected chi connectivity index (χ2v) is 5.00. The Kier molecular flexibility index (Phi) is 4.44. The standard InChI is InChI=1S/C13H14ClN3S/c1-9-4-3-5-11(14)12(9)16-8-10-6-7-15-13(17-10)18-2/h3-7,16H,8H2,1-2H3. The van der Waals surface area contributed by atoms with E-state index in [1.54, 1.807) is 6.20 Å². The number of thioether (sulfide) groups is 1. The highest BCUT2D eigenvalue weighted by Crippen LogP contribution is 2.25. The Labute approximate surface area is 116 Å². The van der Waals surface area contributed by atoms with Gasteiger partial charge in [-0.25, -0.2) is 9.97 Å². The Bertz CT molecular complexity index is 525. The lowest BCUT2D eigenvalue weighted by atomic mass is 10.2. The van der Waals surface area contributed by atoms with Gasteiger partial charge in [-0.1, -0.05) is 35.5 Å². The Hall–Kier alpha value is -1.26. The molecule has 0 aliphatic carbocycles. The van der Waals surface area contributed by atoms with E-state index in [9.17, 15) is 0 Å². The fourth-order valence-corrected chi connectivity index (χ4v) is 2.27. The predicted octanol–water partition coefficient (Wildman–Crippen LogP) is 3.77. The van der Waals surface area contributed by atoms with Crippen molar-refractivity contribution in [2.24, 2.45) is 0 Å². The van der Waals surface area contributed by atoms with E-state index >= 15 is 0 Å². The number of anilines is 1. The molecule has 0 saturated heterocycles. The van der Waals surface area contributed by atoms with Crippen LogP contribution in [0.1, 0.15) is 11.3 Å². The van der Waals surface area contributed by atoms with Gasteiger partial charge in [-0.05, 0) is 30.9 Å². The molecule has 1 aromatic carbocycles. The number of hydrogen-bond donors (Lipinski definition) is 1. The van der Waals surface area contributed by atoms with Crippen LogP contribution in [0, 0.1) is 6.92 Å². The molecule has 0 aliphatic rings. The van der Waals surface area contributed by atoms with Gasteiger partial charge < -0.3 is 5.32 Å². The van der Waals surface area contributed by atoms with Crippen molar-refractivity contribution in [1.82, 2.24) is 9.97 Å². The van der Waals surface area contributed by atoms with Crippen LogP contribution in [0.2, 0.25) is 5.02 Å². The Morgan fingerprint density at radius 3 is 2.89 bits per heavy atom. The third kappa shape index (κ3) is 3.15. The first-order valence-corrected chi connectivity index (χ1v) is 7.16. The summed E-state index contributed by atoms with van der Waals surface area (Å²) < 4.78 is 0. The number of para-hydroxylation sites is 1. The van der Waals surface area contributed by atoms with E-state index in [1.807, 2.05) is 37.4 Å². The molecule has 94 valence electrons. The van der Waals surface area contributed by atoms with Crippen LogP contribution in [0.4, 0.5) is 5.69 Å². The normalized spacial score (nSPS) is 10.4. The molecule has 0 radical (unpaired) electrons. The fourth-order valence-electron chi connectivity index (χ4n) is 1.61. The lowest BCUT2D eigenvalue weighted by Gasteiger charge is -2.11. The molecule has 0 atom stereocenters. The molecular weight excluding hydrogens is 266 g/mol. The number of rotatable bonds is 4. The Morgan fingerprint density at radius 1 is 1.33 bits per heavy atom. The minimum atomic E-state index is 0.640. The van der Waals surface area contributed by atoms with Crippen molar-refractivity contribution in [3.05, 3.63) is 46.7 Å². The van der Waals surface area contributed by atoms with Crippen molar-refractivity contribution < 1.29 is 0 Å². The van der Waals surface area contributed by atoms with Crippen molar-refractivity contribution in [3.8, 4) is 0 Å². The first-order valence-electron chi connectivity index (χ1n) is 5.55. The van der Waals surface area contributed by atoms with Crippen LogP contribution in [0.3, 0.4) is 0 Å². The van der Waals surface area contributed by atoms with Crippen molar-refractivity contribution in [2.75, 3.05) is 11.6 Å². The molecule has 5 heteroatoms. The first kappa shape index (κ1) is 13.2. The summed E-state index contributed by atoms with van der Waals surface area (Å²) in [6, 6.07) is 7.75. The van der Waals surface area contributed by atoms with Crippen molar-refractivity contribution in [2.45, 2.75) is 18.6 Å². The molecule has 2 rings (SSSR count). The number of halogens is 1. The van der Waals surface area contributed by atoms with Crippen molar-refractivity contribution in [3.63, 3.8) is 0 Å². The topological polar surface area (TPSA) is 37.8 Å². The van der Waals surface area contributed by atoms with E-state index in [0.717, 1.165) is 27.1 Å². The summed E-state index contributed by atoms with van der Waals surface area (Å²) in [6.45, 7) is 2.67. The van der Waals surface area contributed by atoms with Gasteiger partial charge in [0.25, 0.3) is 0 Å². The molecule has 0 aliphatic heterocycles. The van der Waals surface area contributed by atoms with E-state index < -0.39 is 0 Å². The van der Waals surface area contributed by atoms with Gasteiger partial charge in [0.2, 0.25) is 0 Å². The molecule has 3 nitrogen and oxygen atoms in total. The number of aromatic nitrogens is 2. The summed E-state index contributed by atoms with van der Waals surface area (Å²) in [7, 11) is 0. The molecule has 0 saturated carbocycles. The summed E-state index contributed by atoms with van der Waals surface area (Å²) in [4.78, 5) is 8.56. The van der Waals surface area contributed by atoms with Gasteiger partial charge in [-0.2, -0.15) is 0 Å². The van der Waals surface area contributed by atoms with Crippen LogP contribution in [-0.2, 0) is 6.54 Å². The molecule has 0 spiro atoms. The van der Waals surface area contributed by atoms with Gasteiger partial charge in [-0.15, -0.1) is 0 Å². The molecule has 1 heterocycles. The van der Waals surface area contributed by atoms with Crippen molar-refractivity contribution >= 4 is 29.1 Å². The van der Waals surface area contributed by atoms with Gasteiger partial charge >= 0.3 is 0 Å².